The molecular weight excluding hydrogens is 294 g/mol. The van der Waals surface area contributed by atoms with E-state index in [-0.39, 0.29) is 48.3 Å². The van der Waals surface area contributed by atoms with Crippen LogP contribution in [0.3, 0.4) is 0 Å². The molecule has 2 aliphatic heterocycles. The second kappa shape index (κ2) is 4.08. The molecule has 4 aliphatic rings. The van der Waals surface area contributed by atoms with Crippen LogP contribution in [0.4, 0.5) is 0 Å². The number of rotatable bonds is 1. The minimum atomic E-state index is -1.94. The fourth-order valence-electron chi connectivity index (χ4n) is 5.28. The Bertz CT molecular complexity index is 877. The first-order valence-electron chi connectivity index (χ1n) is 9.58. The summed E-state index contributed by atoms with van der Waals surface area (Å²) in [6.07, 6.45) is -0.781. The van der Waals surface area contributed by atoms with Crippen LogP contribution in [0.1, 0.15) is 34.5 Å². The lowest BCUT2D eigenvalue weighted by Gasteiger charge is -2.62. The summed E-state index contributed by atoms with van der Waals surface area (Å²) >= 11 is 0. The summed E-state index contributed by atoms with van der Waals surface area (Å²) in [6, 6.07) is -0.375. The zero-order valence-corrected chi connectivity index (χ0v) is 13.2. The van der Waals surface area contributed by atoms with Crippen LogP contribution in [0, 0.1) is 0 Å². The van der Waals surface area contributed by atoms with E-state index in [1.807, 2.05) is 7.05 Å². The quantitative estimate of drug-likeness (QED) is 0.839. The summed E-state index contributed by atoms with van der Waals surface area (Å²) in [5.74, 6) is -0.0681. The van der Waals surface area contributed by atoms with E-state index in [9.17, 15) is 9.90 Å². The number of hydrogen-bond acceptors (Lipinski definition) is 5. The Kier molecular flexibility index (Phi) is 1.96. The molecule has 0 aromatic heterocycles. The number of piperidine rings is 1. The lowest BCUT2D eigenvalue weighted by Crippen LogP contribution is -2.76. The van der Waals surface area contributed by atoms with Gasteiger partial charge in [0.25, 0.3) is 0 Å². The van der Waals surface area contributed by atoms with Gasteiger partial charge in [-0.3, -0.25) is 4.79 Å². The summed E-state index contributed by atoms with van der Waals surface area (Å²) in [5, 5.41) is 11.8. The van der Waals surface area contributed by atoms with Gasteiger partial charge >= 0.3 is 0 Å². The monoisotopic (exact) mass is 318 g/mol. The van der Waals surface area contributed by atoms with Crippen LogP contribution in [0.2, 0.25) is 0 Å². The van der Waals surface area contributed by atoms with Crippen molar-refractivity contribution >= 4 is 5.78 Å². The minimum absolute atomic E-state index is 0.0354. The Hall–Kier alpha value is -1.59. The van der Waals surface area contributed by atoms with E-state index < -0.39 is 17.1 Å². The standard InChI is InChI=1S/C18H21NO4/c1-19-8-7-17-14-10-3-4-12(22-2)15(14)23-16(17)11(20)5-6-18(17,21)13(19)9-10/h3-4,13,16,21H,5-9H2,1-2H3/t13-,16?,17+,18-/m1/s1/i3D,4D,16D. The van der Waals surface area contributed by atoms with E-state index in [0.29, 0.717) is 30.5 Å². The van der Waals surface area contributed by atoms with Crippen molar-refractivity contribution in [1.29, 1.82) is 0 Å². The van der Waals surface area contributed by atoms with Crippen molar-refractivity contribution in [3.8, 4) is 11.5 Å². The molecule has 4 atom stereocenters. The van der Waals surface area contributed by atoms with Gasteiger partial charge in [0.05, 0.1) is 22.2 Å². The molecule has 0 radical (unpaired) electrons. The van der Waals surface area contributed by atoms with E-state index in [1.165, 1.54) is 7.11 Å². The number of Topliss-reactive ketones (excluding diaryl/α,β-unsaturated/α-hetero) is 1. The van der Waals surface area contributed by atoms with Gasteiger partial charge in [0, 0.05) is 18.0 Å². The second-order valence-electron chi connectivity index (χ2n) is 7.10. The van der Waals surface area contributed by atoms with E-state index in [1.54, 1.807) is 0 Å². The Balaban J connectivity index is 1.95. The first-order chi connectivity index (χ1) is 12.2. The third-order valence-corrected chi connectivity index (χ3v) is 6.33. The average Bonchev–Trinajstić information content (AvgIpc) is 2.87. The van der Waals surface area contributed by atoms with Crippen LogP contribution in [0.15, 0.2) is 12.1 Å². The van der Waals surface area contributed by atoms with Crippen LogP contribution in [0.25, 0.3) is 0 Å². The molecule has 2 heterocycles. The fourth-order valence-corrected chi connectivity index (χ4v) is 5.28. The summed E-state index contributed by atoms with van der Waals surface area (Å²) in [4.78, 5) is 14.9. The van der Waals surface area contributed by atoms with E-state index in [2.05, 4.69) is 4.90 Å². The molecule has 122 valence electrons. The van der Waals surface area contributed by atoms with Crippen molar-refractivity contribution in [3.05, 3.63) is 23.2 Å². The van der Waals surface area contributed by atoms with Crippen LogP contribution in [-0.4, -0.2) is 54.2 Å². The SMILES string of the molecule is [2H]c1c([2H])c(OC)c2c3c1C[C@H]1N(C)CC[C@@]34C([2H])(O2)C(=O)CC[C@@]14O. The molecule has 2 bridgehead atoms. The predicted molar refractivity (Wildman–Crippen MR) is 83.0 cm³/mol. The molecule has 1 spiro atoms. The zero-order chi connectivity index (χ0) is 18.6. The molecule has 1 unspecified atom stereocenters. The minimum Gasteiger partial charge on any atom is -0.493 e. The lowest BCUT2D eigenvalue weighted by molar-refractivity contribution is -0.185. The van der Waals surface area contributed by atoms with Gasteiger partial charge in [0.1, 0.15) is 0 Å². The first-order valence-corrected chi connectivity index (χ1v) is 8.08. The Morgan fingerprint density at radius 1 is 1.52 bits per heavy atom. The topological polar surface area (TPSA) is 59.0 Å². The molecule has 5 rings (SSSR count). The maximum atomic E-state index is 12.9. The highest BCUT2D eigenvalue weighted by Crippen LogP contribution is 2.64. The average molecular weight is 318 g/mol. The number of likely N-dealkylation sites (tertiary alicyclic amines) is 1. The Labute approximate surface area is 139 Å². The first kappa shape index (κ1) is 11.0. The number of carbonyl (C=O) groups excluding carboxylic acids is 1. The molecule has 5 heteroatoms. The lowest BCUT2D eigenvalue weighted by atomic mass is 9.49. The number of nitrogens with zero attached hydrogens (tertiary/aromatic N) is 1. The summed E-state index contributed by atoms with van der Waals surface area (Å²) in [6.45, 7) is 0.626. The van der Waals surface area contributed by atoms with E-state index in [0.717, 1.165) is 0 Å². The predicted octanol–water partition coefficient (Wildman–Crippen LogP) is 1.05. The van der Waals surface area contributed by atoms with Gasteiger partial charge in [-0.1, -0.05) is 6.04 Å². The molecule has 5 nitrogen and oxygen atoms in total. The van der Waals surface area contributed by atoms with Crippen LogP contribution < -0.4 is 9.47 Å². The summed E-state index contributed by atoms with van der Waals surface area (Å²) < 4.78 is 37.1. The summed E-state index contributed by atoms with van der Waals surface area (Å²) in [7, 11) is 3.32. The van der Waals surface area contributed by atoms with Gasteiger partial charge in [-0.05, 0) is 44.5 Å². The molecule has 0 amide bonds. The molecule has 2 fully saturated rings. The van der Waals surface area contributed by atoms with Crippen LogP contribution >= 0.6 is 0 Å². The number of ether oxygens (including phenoxy) is 2. The maximum absolute atomic E-state index is 12.9. The molecule has 1 N–H and O–H groups in total. The summed E-state index contributed by atoms with van der Waals surface area (Å²) in [5.41, 5.74) is -1.33. The van der Waals surface area contributed by atoms with Gasteiger partial charge < -0.3 is 19.5 Å². The fraction of sp³-hybridized carbons (Fsp3) is 0.611. The Morgan fingerprint density at radius 2 is 2.35 bits per heavy atom. The highest BCUT2D eigenvalue weighted by atomic mass is 16.5. The molecular formula is C18H21NO4. The highest BCUT2D eigenvalue weighted by molar-refractivity contribution is 5.90. The van der Waals surface area contributed by atoms with Crippen LogP contribution in [-0.2, 0) is 16.6 Å². The van der Waals surface area contributed by atoms with Crippen LogP contribution in [0.5, 0.6) is 11.5 Å². The van der Waals surface area contributed by atoms with Crippen molar-refractivity contribution in [3.63, 3.8) is 0 Å². The largest absolute Gasteiger partial charge is 0.493 e. The molecule has 1 saturated heterocycles. The van der Waals surface area contributed by atoms with Gasteiger partial charge in [0.2, 0.25) is 0 Å². The highest BCUT2D eigenvalue weighted by Gasteiger charge is 2.72. The third kappa shape index (κ3) is 1.32. The number of hydrogen-bond donors (Lipinski definition) is 1. The maximum Gasteiger partial charge on any atom is 0.174 e. The molecule has 2 aliphatic carbocycles. The van der Waals surface area contributed by atoms with E-state index in [4.69, 9.17) is 13.6 Å². The zero-order valence-electron chi connectivity index (χ0n) is 16.2. The van der Waals surface area contributed by atoms with Crippen molar-refractivity contribution in [1.82, 2.24) is 4.90 Å². The van der Waals surface area contributed by atoms with Crippen molar-refractivity contribution in [2.24, 2.45) is 0 Å². The molecule has 1 saturated carbocycles. The number of likely N-dealkylation sites (N-methyl/N-ethyl adjacent to an activating group) is 1. The number of aliphatic hydroxyl groups is 1. The van der Waals surface area contributed by atoms with Crippen molar-refractivity contribution in [2.75, 3.05) is 20.7 Å². The number of ketones is 1. The third-order valence-electron chi connectivity index (χ3n) is 6.33. The molecule has 23 heavy (non-hydrogen) atoms. The number of carbonyl (C=O) groups is 1. The number of benzene rings is 1. The van der Waals surface area contributed by atoms with Gasteiger partial charge in [-0.15, -0.1) is 0 Å². The van der Waals surface area contributed by atoms with Gasteiger partial charge in [0.15, 0.2) is 23.4 Å². The van der Waals surface area contributed by atoms with E-state index >= 15 is 0 Å². The normalized spacial score (nSPS) is 45.6. The van der Waals surface area contributed by atoms with Gasteiger partial charge in [-0.2, -0.15) is 0 Å². The smallest absolute Gasteiger partial charge is 0.174 e. The number of methoxy groups -OCH3 is 1. The second-order valence-corrected chi connectivity index (χ2v) is 7.10. The van der Waals surface area contributed by atoms with Crippen molar-refractivity contribution in [2.45, 2.75) is 48.8 Å². The Morgan fingerprint density at radius 3 is 3.13 bits per heavy atom. The molecule has 1 aromatic rings. The molecule has 1 aromatic carbocycles. The van der Waals surface area contributed by atoms with Crippen molar-refractivity contribution < 1.29 is 23.5 Å². The van der Waals surface area contributed by atoms with Gasteiger partial charge in [-0.25, -0.2) is 0 Å².